The van der Waals surface area contributed by atoms with Crippen LogP contribution >= 0.6 is 11.3 Å². The van der Waals surface area contributed by atoms with Crippen molar-refractivity contribution in [3.8, 4) is 10.4 Å². The maximum absolute atomic E-state index is 13.4. The van der Waals surface area contributed by atoms with Gasteiger partial charge in [0.2, 0.25) is 17.7 Å². The number of benzene rings is 1. The lowest BCUT2D eigenvalue weighted by molar-refractivity contribution is -0.143. The van der Waals surface area contributed by atoms with Crippen molar-refractivity contribution in [2.45, 2.75) is 79.4 Å². The molecular weight excluding hydrogens is 460 g/mol. The average Bonchev–Trinajstić information content (AvgIpc) is 3.43. The van der Waals surface area contributed by atoms with Gasteiger partial charge in [0.15, 0.2) is 0 Å². The molecule has 0 spiro atoms. The molecule has 3 atom stereocenters. The molecule has 0 radical (unpaired) electrons. The summed E-state index contributed by atoms with van der Waals surface area (Å²) < 4.78 is 0. The van der Waals surface area contributed by atoms with Crippen molar-refractivity contribution in [3.63, 3.8) is 0 Å². The van der Waals surface area contributed by atoms with Gasteiger partial charge in [0, 0.05) is 13.5 Å². The Kier molecular flexibility index (Phi) is 8.36. The maximum atomic E-state index is 13.4. The molecule has 7 nitrogen and oxygen atoms in total. The van der Waals surface area contributed by atoms with Gasteiger partial charge in [0.1, 0.15) is 12.1 Å². The number of aromatic nitrogens is 1. The van der Waals surface area contributed by atoms with E-state index in [1.54, 1.807) is 16.2 Å². The smallest absolute Gasteiger partial charge is 0.246 e. The largest absolute Gasteiger partial charge is 0.347 e. The Morgan fingerprint density at radius 3 is 2.29 bits per heavy atom. The molecule has 190 valence electrons. The Bertz CT molecular complexity index is 1060. The first kappa shape index (κ1) is 26.9. The van der Waals surface area contributed by atoms with Gasteiger partial charge in [-0.3, -0.25) is 14.4 Å². The number of rotatable bonds is 7. The number of likely N-dealkylation sites (tertiary alicyclic amines) is 1. The Morgan fingerprint density at radius 2 is 1.77 bits per heavy atom. The zero-order valence-corrected chi connectivity index (χ0v) is 22.7. The number of hydrogen-bond acceptors (Lipinski definition) is 5. The van der Waals surface area contributed by atoms with Gasteiger partial charge in [-0.2, -0.15) is 0 Å². The third-order valence-corrected chi connectivity index (χ3v) is 7.52. The highest BCUT2D eigenvalue weighted by atomic mass is 32.1. The second-order valence-corrected chi connectivity index (χ2v) is 11.7. The number of nitrogens with zero attached hydrogens (tertiary/aromatic N) is 2. The van der Waals surface area contributed by atoms with Gasteiger partial charge in [-0.15, -0.1) is 11.3 Å². The summed E-state index contributed by atoms with van der Waals surface area (Å²) >= 11 is 1.62. The topological polar surface area (TPSA) is 91.4 Å². The molecule has 0 bridgehead atoms. The number of thiazole rings is 1. The minimum absolute atomic E-state index is 0.146. The highest BCUT2D eigenvalue weighted by molar-refractivity contribution is 7.13. The predicted octanol–water partition coefficient (Wildman–Crippen LogP) is 4.47. The lowest BCUT2D eigenvalue weighted by Gasteiger charge is -2.35. The number of aryl methyl sites for hydroxylation is 1. The summed E-state index contributed by atoms with van der Waals surface area (Å²) in [6, 6.07) is 6.87. The van der Waals surface area contributed by atoms with Gasteiger partial charge < -0.3 is 15.5 Å². The fourth-order valence-corrected chi connectivity index (χ4v) is 5.44. The van der Waals surface area contributed by atoms with Crippen LogP contribution in [0.4, 0.5) is 0 Å². The van der Waals surface area contributed by atoms with Gasteiger partial charge in [-0.25, -0.2) is 4.98 Å². The molecule has 1 aromatic heterocycles. The molecule has 8 heteroatoms. The van der Waals surface area contributed by atoms with E-state index >= 15 is 0 Å². The summed E-state index contributed by atoms with van der Waals surface area (Å²) in [4.78, 5) is 45.8. The highest BCUT2D eigenvalue weighted by Gasteiger charge is 2.42. The maximum Gasteiger partial charge on any atom is 0.246 e. The summed E-state index contributed by atoms with van der Waals surface area (Å²) in [6.45, 7) is 13.8. The van der Waals surface area contributed by atoms with Gasteiger partial charge in [-0.05, 0) is 42.2 Å². The SMILES string of the molecule is CC(=O)NC(C(=O)N1CCCC1C(=O)NC(c1ccc(-c2scnc2C)cc1)C(C)C)C(C)(C)C. The van der Waals surface area contributed by atoms with Crippen LogP contribution in [0.1, 0.15) is 71.7 Å². The molecule has 1 aliphatic rings. The van der Waals surface area contributed by atoms with E-state index in [0.717, 1.165) is 28.1 Å². The van der Waals surface area contributed by atoms with Crippen LogP contribution in [0.15, 0.2) is 29.8 Å². The van der Waals surface area contributed by atoms with E-state index in [2.05, 4.69) is 53.7 Å². The summed E-state index contributed by atoms with van der Waals surface area (Å²) in [5, 5.41) is 6.01. The first-order chi connectivity index (χ1) is 16.4. The Hall–Kier alpha value is -2.74. The van der Waals surface area contributed by atoms with Crippen LogP contribution in [-0.4, -0.2) is 46.2 Å². The van der Waals surface area contributed by atoms with Crippen LogP contribution in [-0.2, 0) is 14.4 Å². The van der Waals surface area contributed by atoms with Gasteiger partial charge >= 0.3 is 0 Å². The minimum Gasteiger partial charge on any atom is -0.347 e. The number of carbonyl (C=O) groups is 3. The molecule has 35 heavy (non-hydrogen) atoms. The summed E-state index contributed by atoms with van der Waals surface area (Å²) in [5.41, 5.74) is 4.53. The lowest BCUT2D eigenvalue weighted by atomic mass is 9.85. The van der Waals surface area contributed by atoms with E-state index in [1.807, 2.05) is 33.2 Å². The molecule has 2 N–H and O–H groups in total. The van der Waals surface area contributed by atoms with Crippen LogP contribution in [0.2, 0.25) is 0 Å². The van der Waals surface area contributed by atoms with E-state index in [4.69, 9.17) is 0 Å². The lowest BCUT2D eigenvalue weighted by Crippen LogP contribution is -2.57. The second-order valence-electron chi connectivity index (χ2n) is 10.8. The van der Waals surface area contributed by atoms with Crippen molar-refractivity contribution in [3.05, 3.63) is 41.0 Å². The van der Waals surface area contributed by atoms with Gasteiger partial charge in [-0.1, -0.05) is 58.9 Å². The zero-order valence-electron chi connectivity index (χ0n) is 21.8. The molecule has 0 aliphatic carbocycles. The molecule has 3 rings (SSSR count). The predicted molar refractivity (Wildman–Crippen MR) is 140 cm³/mol. The molecule has 2 aromatic rings. The summed E-state index contributed by atoms with van der Waals surface area (Å²) in [6.07, 6.45) is 1.37. The Balaban J connectivity index is 1.77. The average molecular weight is 499 g/mol. The van der Waals surface area contributed by atoms with Crippen molar-refractivity contribution in [1.29, 1.82) is 0 Å². The van der Waals surface area contributed by atoms with Gasteiger partial charge in [0.25, 0.3) is 0 Å². The van der Waals surface area contributed by atoms with E-state index in [1.165, 1.54) is 6.92 Å². The second kappa shape index (κ2) is 10.9. The highest BCUT2D eigenvalue weighted by Crippen LogP contribution is 2.31. The fourth-order valence-electron chi connectivity index (χ4n) is 4.63. The normalized spacial score (nSPS) is 17.8. The molecule has 3 unspecified atom stereocenters. The number of nitrogens with one attached hydrogen (secondary N) is 2. The molecular formula is C27H38N4O3S. The van der Waals surface area contributed by atoms with Crippen molar-refractivity contribution in [2.75, 3.05) is 6.54 Å². The Morgan fingerprint density at radius 1 is 1.11 bits per heavy atom. The zero-order chi connectivity index (χ0) is 25.9. The molecule has 1 aromatic carbocycles. The van der Waals surface area contributed by atoms with E-state index in [9.17, 15) is 14.4 Å². The summed E-state index contributed by atoms with van der Waals surface area (Å²) in [5.74, 6) is -0.430. The van der Waals surface area contributed by atoms with Crippen molar-refractivity contribution >= 4 is 29.1 Å². The third-order valence-electron chi connectivity index (χ3n) is 6.54. The fraction of sp³-hybridized carbons (Fsp3) is 0.556. The van der Waals surface area contributed by atoms with Crippen molar-refractivity contribution < 1.29 is 14.4 Å². The van der Waals surface area contributed by atoms with Crippen LogP contribution in [0, 0.1) is 18.3 Å². The molecule has 2 heterocycles. The van der Waals surface area contributed by atoms with Crippen LogP contribution in [0.25, 0.3) is 10.4 Å². The summed E-state index contributed by atoms with van der Waals surface area (Å²) in [7, 11) is 0. The van der Waals surface area contributed by atoms with Crippen LogP contribution in [0.3, 0.4) is 0 Å². The van der Waals surface area contributed by atoms with Crippen molar-refractivity contribution in [2.24, 2.45) is 11.3 Å². The first-order valence-corrected chi connectivity index (χ1v) is 13.2. The van der Waals surface area contributed by atoms with E-state index in [-0.39, 0.29) is 29.7 Å². The molecule has 1 fully saturated rings. The van der Waals surface area contributed by atoms with Crippen LogP contribution < -0.4 is 10.6 Å². The standard InChI is InChI=1S/C27H38N4O3S/c1-16(2)22(19-10-12-20(13-11-19)23-17(3)28-15-35-23)30-25(33)21-9-8-14-31(21)26(34)24(27(5,6)7)29-18(4)32/h10-13,15-16,21-22,24H,8-9,14H2,1-7H3,(H,29,32)(H,30,33). The number of hydrogen-bond donors (Lipinski definition) is 2. The molecule has 1 aliphatic heterocycles. The van der Waals surface area contributed by atoms with Crippen LogP contribution in [0.5, 0.6) is 0 Å². The van der Waals surface area contributed by atoms with E-state index in [0.29, 0.717) is 13.0 Å². The number of amides is 3. The van der Waals surface area contributed by atoms with E-state index < -0.39 is 17.5 Å². The third kappa shape index (κ3) is 6.28. The monoisotopic (exact) mass is 498 g/mol. The molecule has 1 saturated heterocycles. The quantitative estimate of drug-likeness (QED) is 0.589. The van der Waals surface area contributed by atoms with Crippen molar-refractivity contribution in [1.82, 2.24) is 20.5 Å². The molecule has 0 saturated carbocycles. The first-order valence-electron chi connectivity index (χ1n) is 12.3. The minimum atomic E-state index is -0.683. The Labute approximate surface area is 212 Å². The molecule has 3 amide bonds. The van der Waals surface area contributed by atoms with Gasteiger partial charge in [0.05, 0.1) is 22.1 Å². The number of carbonyl (C=O) groups excluding carboxylic acids is 3.